The Labute approximate surface area is 189 Å². The summed E-state index contributed by atoms with van der Waals surface area (Å²) >= 11 is 1.83. The van der Waals surface area contributed by atoms with Crippen molar-refractivity contribution in [2.75, 3.05) is 18.2 Å². The Bertz CT molecular complexity index is 1380. The largest absolute Gasteiger partial charge is 0.497 e. The van der Waals surface area contributed by atoms with Gasteiger partial charge in [0, 0.05) is 6.07 Å². The number of amides is 1. The number of hydrogen-bond acceptors (Lipinski definition) is 9. The highest BCUT2D eigenvalue weighted by molar-refractivity contribution is 7.99. The summed E-state index contributed by atoms with van der Waals surface area (Å²) < 4.78 is 6.69. The number of rotatable bonds is 7. The van der Waals surface area contributed by atoms with Crippen molar-refractivity contribution in [1.29, 1.82) is 0 Å². The number of para-hydroxylation sites is 1. The minimum Gasteiger partial charge on any atom is -0.497 e. The Morgan fingerprint density at radius 1 is 1.28 bits per heavy atom. The molecule has 0 aliphatic carbocycles. The van der Waals surface area contributed by atoms with E-state index in [0.717, 1.165) is 29.3 Å². The van der Waals surface area contributed by atoms with Crippen molar-refractivity contribution in [3.05, 3.63) is 75.2 Å². The van der Waals surface area contributed by atoms with Crippen molar-refractivity contribution in [2.45, 2.75) is 5.16 Å². The number of ether oxygens (including phenoxy) is 1. The molecule has 0 spiro atoms. The summed E-state index contributed by atoms with van der Waals surface area (Å²) in [6.45, 7) is 0. The molecule has 12 heteroatoms. The number of fused-ring (bicyclic) bond motifs is 1. The first-order valence-electron chi connectivity index (χ1n) is 9.15. The van der Waals surface area contributed by atoms with Crippen molar-refractivity contribution >= 4 is 50.0 Å². The minimum atomic E-state index is -0.575. The Morgan fingerprint density at radius 2 is 2.09 bits per heavy atom. The van der Waals surface area contributed by atoms with E-state index in [1.807, 2.05) is 0 Å². The van der Waals surface area contributed by atoms with Gasteiger partial charge in [-0.25, -0.2) is 9.97 Å². The zero-order valence-corrected chi connectivity index (χ0v) is 18.2. The van der Waals surface area contributed by atoms with E-state index in [4.69, 9.17) is 4.74 Å². The summed E-state index contributed by atoms with van der Waals surface area (Å²) in [5, 5.41) is 14.0. The lowest BCUT2D eigenvalue weighted by Crippen LogP contribution is -2.23. The lowest BCUT2D eigenvalue weighted by molar-refractivity contribution is -0.380. The van der Waals surface area contributed by atoms with E-state index >= 15 is 0 Å². The number of carbonyl (C=O) groups excluding carboxylic acids is 1. The van der Waals surface area contributed by atoms with Crippen LogP contribution in [-0.2, 0) is 4.79 Å². The van der Waals surface area contributed by atoms with Crippen LogP contribution in [0.15, 0.2) is 64.7 Å². The number of aromatic nitrogens is 3. The van der Waals surface area contributed by atoms with Crippen LogP contribution in [0.1, 0.15) is 0 Å². The number of anilines is 1. The molecule has 2 heterocycles. The van der Waals surface area contributed by atoms with Crippen LogP contribution in [0.5, 0.6) is 5.75 Å². The highest BCUT2D eigenvalue weighted by Crippen LogP contribution is 2.26. The molecule has 0 unspecified atom stereocenters. The summed E-state index contributed by atoms with van der Waals surface area (Å²) in [5.74, 6) is 0.0581. The molecule has 4 rings (SSSR count). The van der Waals surface area contributed by atoms with Gasteiger partial charge in [-0.3, -0.25) is 24.3 Å². The summed E-state index contributed by atoms with van der Waals surface area (Å²) in [6.07, 6.45) is 1.08. The molecule has 1 N–H and O–H groups in total. The molecule has 0 aliphatic rings. The molecule has 32 heavy (non-hydrogen) atoms. The van der Waals surface area contributed by atoms with Crippen molar-refractivity contribution in [1.82, 2.24) is 14.5 Å². The van der Waals surface area contributed by atoms with Gasteiger partial charge in [0.05, 0.1) is 34.4 Å². The van der Waals surface area contributed by atoms with Crippen LogP contribution < -0.4 is 15.6 Å². The van der Waals surface area contributed by atoms with Crippen LogP contribution in [0, 0.1) is 10.1 Å². The molecule has 1 amide bonds. The summed E-state index contributed by atoms with van der Waals surface area (Å²) in [7, 11) is 1.53. The van der Waals surface area contributed by atoms with Gasteiger partial charge < -0.3 is 10.1 Å². The van der Waals surface area contributed by atoms with Crippen LogP contribution in [0.2, 0.25) is 0 Å². The molecule has 2 aromatic carbocycles. The van der Waals surface area contributed by atoms with Crippen molar-refractivity contribution in [3.8, 4) is 11.4 Å². The van der Waals surface area contributed by atoms with E-state index in [1.165, 1.54) is 11.7 Å². The molecule has 4 aromatic rings. The molecule has 0 bridgehead atoms. The Kier molecular flexibility index (Phi) is 6.14. The number of methoxy groups -OCH3 is 1. The number of nitrogens with one attached hydrogen (secondary N) is 1. The van der Waals surface area contributed by atoms with Crippen molar-refractivity contribution in [3.63, 3.8) is 0 Å². The zero-order valence-electron chi connectivity index (χ0n) is 16.5. The lowest BCUT2D eigenvalue weighted by Gasteiger charge is -2.13. The topological polar surface area (TPSA) is 129 Å². The van der Waals surface area contributed by atoms with Crippen LogP contribution >= 0.6 is 23.1 Å². The second kappa shape index (κ2) is 9.16. The summed E-state index contributed by atoms with van der Waals surface area (Å²) in [5.41, 5.74) is 0.781. The average Bonchev–Trinajstić information content (AvgIpc) is 3.26. The predicted molar refractivity (Wildman–Crippen MR) is 122 cm³/mol. The average molecular weight is 470 g/mol. The maximum Gasteiger partial charge on any atom is 0.345 e. The Balaban J connectivity index is 1.65. The van der Waals surface area contributed by atoms with Gasteiger partial charge in [-0.05, 0) is 35.6 Å². The Morgan fingerprint density at radius 3 is 2.84 bits per heavy atom. The van der Waals surface area contributed by atoms with Gasteiger partial charge in [0.2, 0.25) is 5.91 Å². The van der Waals surface area contributed by atoms with Crippen LogP contribution in [0.3, 0.4) is 0 Å². The SMILES string of the molecule is COc1cccc(-n2c(SCC(=O)Nc3ncc([N+](=O)[O-])s3)nc3ccccc3c2=O)c1. The van der Waals surface area contributed by atoms with Crippen molar-refractivity contribution < 1.29 is 14.5 Å². The number of nitrogens with zero attached hydrogens (tertiary/aromatic N) is 4. The van der Waals surface area contributed by atoms with Crippen LogP contribution in [-0.4, -0.2) is 38.2 Å². The first-order valence-corrected chi connectivity index (χ1v) is 11.0. The maximum atomic E-state index is 13.2. The third-order valence-corrected chi connectivity index (χ3v) is 6.11. The predicted octanol–water partition coefficient (Wildman–Crippen LogP) is 3.49. The second-order valence-electron chi connectivity index (χ2n) is 6.35. The van der Waals surface area contributed by atoms with E-state index in [9.17, 15) is 19.7 Å². The van der Waals surface area contributed by atoms with Gasteiger partial charge in [-0.2, -0.15) is 0 Å². The number of carbonyl (C=O) groups is 1. The van der Waals surface area contributed by atoms with Gasteiger partial charge in [0.1, 0.15) is 11.9 Å². The second-order valence-corrected chi connectivity index (χ2v) is 8.30. The summed E-state index contributed by atoms with van der Waals surface area (Å²) in [4.78, 5) is 44.2. The normalized spacial score (nSPS) is 10.8. The first-order chi connectivity index (χ1) is 15.5. The number of nitro groups is 1. The standard InChI is InChI=1S/C20H15N5O5S2/c1-30-13-6-4-5-12(9-13)24-18(27)14-7-2-3-8-15(14)22-20(24)31-11-16(26)23-19-21-10-17(32-19)25(28)29/h2-10H,11H2,1H3,(H,21,23,26). The van der Waals surface area contributed by atoms with Gasteiger partial charge in [-0.15, -0.1) is 0 Å². The van der Waals surface area contributed by atoms with Crippen molar-refractivity contribution in [2.24, 2.45) is 0 Å². The number of thiazole rings is 1. The minimum absolute atomic E-state index is 0.0812. The van der Waals surface area contributed by atoms with Crippen LogP contribution in [0.4, 0.5) is 10.1 Å². The Hall–Kier alpha value is -3.77. The molecular formula is C20H15N5O5S2. The summed E-state index contributed by atoms with van der Waals surface area (Å²) in [6, 6.07) is 13.9. The van der Waals surface area contributed by atoms with Crippen LogP contribution in [0.25, 0.3) is 16.6 Å². The molecule has 10 nitrogen and oxygen atoms in total. The fourth-order valence-corrected chi connectivity index (χ4v) is 4.34. The number of thioether (sulfide) groups is 1. The van der Waals surface area contributed by atoms with Gasteiger partial charge in [0.15, 0.2) is 10.3 Å². The zero-order chi connectivity index (χ0) is 22.7. The highest BCUT2D eigenvalue weighted by atomic mass is 32.2. The van der Waals surface area contributed by atoms with E-state index in [0.29, 0.717) is 27.5 Å². The fraction of sp³-hybridized carbons (Fsp3) is 0.100. The van der Waals surface area contributed by atoms with Gasteiger partial charge >= 0.3 is 5.00 Å². The molecule has 0 saturated carbocycles. The molecular weight excluding hydrogens is 454 g/mol. The number of benzene rings is 2. The van der Waals surface area contributed by atoms with Gasteiger partial charge in [-0.1, -0.05) is 30.0 Å². The van der Waals surface area contributed by atoms with E-state index in [-0.39, 0.29) is 21.4 Å². The highest BCUT2D eigenvalue weighted by Gasteiger charge is 2.17. The van der Waals surface area contributed by atoms with E-state index in [2.05, 4.69) is 15.3 Å². The third-order valence-electron chi connectivity index (χ3n) is 4.31. The quantitative estimate of drug-likeness (QED) is 0.188. The smallest absolute Gasteiger partial charge is 0.345 e. The third kappa shape index (κ3) is 4.45. The molecule has 0 saturated heterocycles. The maximum absolute atomic E-state index is 13.2. The fourth-order valence-electron chi connectivity index (χ4n) is 2.88. The molecule has 0 aliphatic heterocycles. The van der Waals surface area contributed by atoms with E-state index in [1.54, 1.807) is 48.5 Å². The monoisotopic (exact) mass is 469 g/mol. The molecule has 2 aromatic heterocycles. The lowest BCUT2D eigenvalue weighted by atomic mass is 10.2. The molecule has 0 fully saturated rings. The number of hydrogen-bond donors (Lipinski definition) is 1. The molecule has 162 valence electrons. The molecule has 0 radical (unpaired) electrons. The van der Waals surface area contributed by atoms with E-state index < -0.39 is 10.8 Å². The first kappa shape index (κ1) is 21.5. The molecule has 0 atom stereocenters. The van der Waals surface area contributed by atoms with Gasteiger partial charge in [0.25, 0.3) is 5.56 Å².